The average Bonchev–Trinajstić information content (AvgIpc) is 3.70. The van der Waals surface area contributed by atoms with E-state index in [1.54, 1.807) is 24.5 Å². The Morgan fingerprint density at radius 2 is 1.88 bits per heavy atom. The maximum Gasteiger partial charge on any atom is 0.338 e. The van der Waals surface area contributed by atoms with Crippen molar-refractivity contribution >= 4 is 40.1 Å². The van der Waals surface area contributed by atoms with Crippen LogP contribution in [0.4, 0.5) is 0 Å². The van der Waals surface area contributed by atoms with Gasteiger partial charge in [0.1, 0.15) is 22.7 Å². The topological polar surface area (TPSA) is 96.6 Å². The fraction of sp³-hybridized carbons (Fsp3) is 0.400. The quantitative estimate of drug-likeness (QED) is 0.124. The molecule has 210 valence electrons. The number of aromatic nitrogens is 3. The third-order valence-corrected chi connectivity index (χ3v) is 7.29. The molecule has 0 atom stereocenters. The Morgan fingerprint density at radius 1 is 1.10 bits per heavy atom. The first-order valence-corrected chi connectivity index (χ1v) is 14.2. The molecule has 1 aliphatic rings. The van der Waals surface area contributed by atoms with Crippen LogP contribution in [0.2, 0.25) is 10.0 Å². The minimum atomic E-state index is -0.401. The van der Waals surface area contributed by atoms with Crippen molar-refractivity contribution in [3.05, 3.63) is 69.3 Å². The van der Waals surface area contributed by atoms with Crippen molar-refractivity contribution in [3.63, 3.8) is 0 Å². The van der Waals surface area contributed by atoms with Crippen LogP contribution in [0.5, 0.6) is 5.75 Å². The van der Waals surface area contributed by atoms with E-state index in [9.17, 15) is 4.79 Å². The molecule has 4 aromatic rings. The summed E-state index contributed by atoms with van der Waals surface area (Å²) in [5.74, 6) is 1.46. The summed E-state index contributed by atoms with van der Waals surface area (Å²) < 4.78 is 22.7. The third-order valence-electron chi connectivity index (χ3n) is 6.72. The van der Waals surface area contributed by atoms with Gasteiger partial charge < -0.3 is 18.7 Å². The van der Waals surface area contributed by atoms with Crippen molar-refractivity contribution in [3.8, 4) is 17.0 Å². The van der Waals surface area contributed by atoms with Crippen molar-refractivity contribution in [2.24, 2.45) is 0 Å². The molecule has 0 bridgehead atoms. The minimum Gasteiger partial charge on any atom is -0.489 e. The molecule has 1 aromatic carbocycles. The molecule has 8 nitrogen and oxygen atoms in total. The van der Waals surface area contributed by atoms with Gasteiger partial charge in [-0.1, -0.05) is 28.4 Å². The van der Waals surface area contributed by atoms with Crippen molar-refractivity contribution in [2.45, 2.75) is 64.6 Å². The van der Waals surface area contributed by atoms with E-state index in [0.717, 1.165) is 49.1 Å². The number of hydrogen-bond donors (Lipinski definition) is 0. The molecule has 40 heavy (non-hydrogen) atoms. The number of carbonyl (C=O) groups excluding carboxylic acids is 1. The predicted octanol–water partition coefficient (Wildman–Crippen LogP) is 7.58. The summed E-state index contributed by atoms with van der Waals surface area (Å²) in [6.45, 7) is 4.84. The lowest BCUT2D eigenvalue weighted by Crippen LogP contribution is -2.09. The molecule has 3 aromatic heterocycles. The first kappa shape index (κ1) is 28.3. The smallest absolute Gasteiger partial charge is 0.338 e. The second-order valence-corrected chi connectivity index (χ2v) is 10.9. The van der Waals surface area contributed by atoms with Crippen LogP contribution >= 0.6 is 23.2 Å². The second kappa shape index (κ2) is 12.5. The lowest BCUT2D eigenvalue weighted by atomic mass is 10.1. The molecule has 10 heteroatoms. The number of unbranched alkanes of at least 4 members (excludes halogenated alkanes) is 1. The Hall–Kier alpha value is -3.20. The van der Waals surface area contributed by atoms with E-state index in [0.29, 0.717) is 62.7 Å². The van der Waals surface area contributed by atoms with E-state index >= 15 is 0 Å². The van der Waals surface area contributed by atoms with Crippen molar-refractivity contribution in [1.29, 1.82) is 0 Å². The van der Waals surface area contributed by atoms with Gasteiger partial charge in [-0.05, 0) is 70.2 Å². The number of ether oxygens (including phenoxy) is 3. The number of rotatable bonds is 12. The van der Waals surface area contributed by atoms with Gasteiger partial charge >= 0.3 is 5.97 Å². The van der Waals surface area contributed by atoms with Gasteiger partial charge in [0, 0.05) is 47.1 Å². The molecule has 0 unspecified atom stereocenters. The summed E-state index contributed by atoms with van der Waals surface area (Å²) in [6.07, 6.45) is 7.70. The largest absolute Gasteiger partial charge is 0.489 e. The summed E-state index contributed by atoms with van der Waals surface area (Å²) in [7, 11) is 1.37. The predicted molar refractivity (Wildman–Crippen MR) is 153 cm³/mol. The highest BCUT2D eigenvalue weighted by atomic mass is 35.5. The third kappa shape index (κ3) is 6.24. The molecular weight excluding hydrogens is 553 g/mol. The minimum absolute atomic E-state index is 0.0215. The van der Waals surface area contributed by atoms with Crippen molar-refractivity contribution in [2.75, 3.05) is 13.7 Å². The Morgan fingerprint density at radius 3 is 2.58 bits per heavy atom. The van der Waals surface area contributed by atoms with Gasteiger partial charge in [-0.2, -0.15) is 0 Å². The zero-order valence-electron chi connectivity index (χ0n) is 22.7. The van der Waals surface area contributed by atoms with Crippen LogP contribution in [-0.4, -0.2) is 40.9 Å². The van der Waals surface area contributed by atoms with Crippen LogP contribution in [0.3, 0.4) is 0 Å². The number of fused-ring (bicyclic) bond motifs is 1. The van der Waals surface area contributed by atoms with Crippen molar-refractivity contribution in [1.82, 2.24) is 15.1 Å². The normalized spacial score (nSPS) is 13.2. The van der Waals surface area contributed by atoms with Crippen LogP contribution in [0, 0.1) is 0 Å². The van der Waals surface area contributed by atoms with Gasteiger partial charge in [0.25, 0.3) is 0 Å². The molecule has 1 fully saturated rings. The summed E-state index contributed by atoms with van der Waals surface area (Å²) in [6, 6.07) is 7.36. The molecule has 1 aliphatic carbocycles. The van der Waals surface area contributed by atoms with Crippen molar-refractivity contribution < 1.29 is 23.5 Å². The van der Waals surface area contributed by atoms with Gasteiger partial charge in [-0.25, -0.2) is 9.78 Å². The molecule has 3 heterocycles. The van der Waals surface area contributed by atoms with Gasteiger partial charge in [0.2, 0.25) is 0 Å². The fourth-order valence-electron chi connectivity index (χ4n) is 4.65. The molecule has 5 rings (SSSR count). The zero-order chi connectivity index (χ0) is 28.2. The maximum absolute atomic E-state index is 12.3. The van der Waals surface area contributed by atoms with Crippen LogP contribution in [-0.2, 0) is 22.5 Å². The van der Waals surface area contributed by atoms with Crippen LogP contribution in [0.15, 0.2) is 41.2 Å². The van der Waals surface area contributed by atoms with E-state index in [-0.39, 0.29) is 6.10 Å². The number of esters is 1. The standard InChI is InChI=1S/C30H31Cl2N3O5/c1-17(2)39-25-12-11-21(30(36)37-3)20-10-9-19(34-27(20)25)6-4-5-13-38-16-22-28(35-40-29(22)18-7-8-18)26-23(31)14-33-15-24(26)32/h9-12,14-15,17-18H,4-8,13,16H2,1-3H3. The molecule has 0 amide bonds. The zero-order valence-corrected chi connectivity index (χ0v) is 24.2. The number of pyridine rings is 2. The summed E-state index contributed by atoms with van der Waals surface area (Å²) in [4.78, 5) is 21.1. The number of methoxy groups -OCH3 is 1. The summed E-state index contributed by atoms with van der Waals surface area (Å²) in [5, 5.41) is 5.86. The Kier molecular flexibility index (Phi) is 8.88. The first-order chi connectivity index (χ1) is 19.4. The summed E-state index contributed by atoms with van der Waals surface area (Å²) >= 11 is 12.8. The molecule has 0 saturated heterocycles. The van der Waals surface area contributed by atoms with E-state index in [4.69, 9.17) is 46.9 Å². The van der Waals surface area contributed by atoms with E-state index in [1.807, 2.05) is 26.0 Å². The van der Waals surface area contributed by atoms with Gasteiger partial charge in [-0.15, -0.1) is 0 Å². The lowest BCUT2D eigenvalue weighted by molar-refractivity contribution is 0.0603. The first-order valence-electron chi connectivity index (χ1n) is 13.4. The van der Waals surface area contributed by atoms with Gasteiger partial charge in [0.05, 0.1) is 35.4 Å². The van der Waals surface area contributed by atoms with E-state index in [2.05, 4.69) is 10.1 Å². The van der Waals surface area contributed by atoms with E-state index in [1.165, 1.54) is 7.11 Å². The van der Waals surface area contributed by atoms with Crippen LogP contribution in [0.1, 0.15) is 72.8 Å². The Balaban J connectivity index is 1.22. The molecule has 0 radical (unpaired) electrons. The molecule has 0 aliphatic heterocycles. The highest BCUT2D eigenvalue weighted by Gasteiger charge is 2.33. The average molecular weight is 584 g/mol. The second-order valence-electron chi connectivity index (χ2n) is 10.1. The number of nitrogens with zero attached hydrogens (tertiary/aromatic N) is 3. The number of carbonyl (C=O) groups is 1. The molecular formula is C30H31Cl2N3O5. The molecule has 0 N–H and O–H groups in total. The van der Waals surface area contributed by atoms with Crippen LogP contribution < -0.4 is 4.74 Å². The molecule has 1 saturated carbocycles. The van der Waals surface area contributed by atoms with E-state index < -0.39 is 5.97 Å². The number of halogens is 2. The SMILES string of the molecule is COC(=O)c1ccc(OC(C)C)c2nc(CCCCOCc3c(-c4c(Cl)cncc4Cl)noc3C3CC3)ccc12. The highest BCUT2D eigenvalue weighted by Crippen LogP contribution is 2.46. The Bertz CT molecular complexity index is 1500. The van der Waals surface area contributed by atoms with Crippen LogP contribution in [0.25, 0.3) is 22.2 Å². The lowest BCUT2D eigenvalue weighted by Gasteiger charge is -2.14. The number of hydrogen-bond acceptors (Lipinski definition) is 8. The number of benzene rings is 1. The molecule has 0 spiro atoms. The number of aryl methyl sites for hydroxylation is 1. The maximum atomic E-state index is 12.3. The Labute approximate surface area is 242 Å². The van der Waals surface area contributed by atoms with Gasteiger partial charge in [-0.3, -0.25) is 4.98 Å². The summed E-state index contributed by atoms with van der Waals surface area (Å²) in [5.41, 5.74) is 4.17. The monoisotopic (exact) mass is 583 g/mol. The fourth-order valence-corrected chi connectivity index (χ4v) is 5.20. The highest BCUT2D eigenvalue weighted by molar-refractivity contribution is 6.38. The van der Waals surface area contributed by atoms with Gasteiger partial charge in [0.15, 0.2) is 0 Å².